The molecule has 0 aromatic heterocycles. The van der Waals surface area contributed by atoms with Gasteiger partial charge >= 0.3 is 0 Å². The van der Waals surface area contributed by atoms with Crippen molar-refractivity contribution in [1.29, 1.82) is 0 Å². The summed E-state index contributed by atoms with van der Waals surface area (Å²) in [4.78, 5) is 14.3. The largest absolute Gasteiger partial charge is 0.368 e. The van der Waals surface area contributed by atoms with Crippen LogP contribution in [0.4, 0.5) is 0 Å². The standard InChI is InChI=1S/C17H33N3O/c1-4-17(5-2)10-12-20(13-17)11-6-9-16(3,15(18)21)19-14-7-8-14/h14,19H,4-13H2,1-3H3,(H2,18,21). The summed E-state index contributed by atoms with van der Waals surface area (Å²) in [5.74, 6) is -0.202. The van der Waals surface area contributed by atoms with E-state index in [9.17, 15) is 4.79 Å². The van der Waals surface area contributed by atoms with Crippen LogP contribution in [0.5, 0.6) is 0 Å². The van der Waals surface area contributed by atoms with Gasteiger partial charge in [0.1, 0.15) is 0 Å². The van der Waals surface area contributed by atoms with Crippen molar-refractivity contribution in [3.05, 3.63) is 0 Å². The third-order valence-electron chi connectivity index (χ3n) is 5.81. The number of hydrogen-bond acceptors (Lipinski definition) is 3. The van der Waals surface area contributed by atoms with Crippen LogP contribution in [0, 0.1) is 5.41 Å². The van der Waals surface area contributed by atoms with Crippen LogP contribution in [-0.4, -0.2) is 42.0 Å². The van der Waals surface area contributed by atoms with Crippen molar-refractivity contribution in [3.63, 3.8) is 0 Å². The molecule has 1 aliphatic carbocycles. The van der Waals surface area contributed by atoms with Crippen molar-refractivity contribution in [3.8, 4) is 0 Å². The number of carbonyl (C=O) groups is 1. The van der Waals surface area contributed by atoms with Crippen molar-refractivity contribution < 1.29 is 4.79 Å². The van der Waals surface area contributed by atoms with E-state index < -0.39 is 5.54 Å². The first-order valence-electron chi connectivity index (χ1n) is 8.73. The summed E-state index contributed by atoms with van der Waals surface area (Å²) in [6.07, 6.45) is 8.15. The van der Waals surface area contributed by atoms with Crippen LogP contribution in [0.25, 0.3) is 0 Å². The summed E-state index contributed by atoms with van der Waals surface area (Å²) in [6.45, 7) is 10.1. The quantitative estimate of drug-likeness (QED) is 0.686. The van der Waals surface area contributed by atoms with E-state index in [4.69, 9.17) is 5.73 Å². The molecule has 0 bridgehead atoms. The Balaban J connectivity index is 1.76. The second-order valence-corrected chi connectivity index (χ2v) is 7.45. The molecule has 122 valence electrons. The second-order valence-electron chi connectivity index (χ2n) is 7.45. The highest BCUT2D eigenvalue weighted by Gasteiger charge is 2.38. The highest BCUT2D eigenvalue weighted by molar-refractivity contribution is 5.84. The van der Waals surface area contributed by atoms with E-state index in [0.717, 1.165) is 19.4 Å². The Bertz CT molecular complexity index is 363. The Hall–Kier alpha value is -0.610. The van der Waals surface area contributed by atoms with Crippen molar-refractivity contribution in [2.24, 2.45) is 11.1 Å². The first-order chi connectivity index (χ1) is 9.93. The monoisotopic (exact) mass is 295 g/mol. The molecule has 1 heterocycles. The maximum absolute atomic E-state index is 11.8. The topological polar surface area (TPSA) is 58.4 Å². The third kappa shape index (κ3) is 4.19. The number of nitrogens with zero attached hydrogens (tertiary/aromatic N) is 1. The molecule has 2 rings (SSSR count). The van der Waals surface area contributed by atoms with Gasteiger partial charge in [0.05, 0.1) is 5.54 Å². The Morgan fingerprint density at radius 2 is 2.05 bits per heavy atom. The summed E-state index contributed by atoms with van der Waals surface area (Å²) < 4.78 is 0. The molecule has 4 nitrogen and oxygen atoms in total. The molecule has 0 spiro atoms. The van der Waals surface area contributed by atoms with Gasteiger partial charge in [-0.1, -0.05) is 13.8 Å². The van der Waals surface area contributed by atoms with Crippen molar-refractivity contribution in [2.75, 3.05) is 19.6 Å². The summed E-state index contributed by atoms with van der Waals surface area (Å²) in [5.41, 5.74) is 5.63. The highest BCUT2D eigenvalue weighted by atomic mass is 16.1. The summed E-state index contributed by atoms with van der Waals surface area (Å²) in [5, 5.41) is 3.44. The SMILES string of the molecule is CCC1(CC)CCN(CCCC(C)(NC2CC2)C(N)=O)C1. The van der Waals surface area contributed by atoms with Crippen molar-refractivity contribution in [2.45, 2.75) is 77.3 Å². The lowest BCUT2D eigenvalue weighted by Gasteiger charge is -2.29. The van der Waals surface area contributed by atoms with Crippen LogP contribution in [0.15, 0.2) is 0 Å². The van der Waals surface area contributed by atoms with Gasteiger partial charge in [-0.25, -0.2) is 0 Å². The minimum Gasteiger partial charge on any atom is -0.368 e. The van der Waals surface area contributed by atoms with E-state index in [-0.39, 0.29) is 5.91 Å². The second kappa shape index (κ2) is 6.66. The summed E-state index contributed by atoms with van der Waals surface area (Å²) in [6, 6.07) is 0.516. The van der Waals surface area contributed by atoms with Gasteiger partial charge in [-0.15, -0.1) is 0 Å². The van der Waals surface area contributed by atoms with Gasteiger partial charge < -0.3 is 16.0 Å². The Kier molecular flexibility index (Phi) is 5.31. The molecule has 2 fully saturated rings. The summed E-state index contributed by atoms with van der Waals surface area (Å²) >= 11 is 0. The highest BCUT2D eigenvalue weighted by Crippen LogP contribution is 2.37. The van der Waals surface area contributed by atoms with E-state index in [2.05, 4.69) is 24.1 Å². The number of likely N-dealkylation sites (tertiary alicyclic amines) is 1. The molecule has 2 aliphatic rings. The third-order valence-corrected chi connectivity index (χ3v) is 5.81. The average molecular weight is 295 g/mol. The molecule has 4 heteroatoms. The van der Waals surface area contributed by atoms with Crippen LogP contribution >= 0.6 is 0 Å². The number of nitrogens with two attached hydrogens (primary N) is 1. The molecule has 1 unspecified atom stereocenters. The molecule has 0 radical (unpaired) electrons. The fraction of sp³-hybridized carbons (Fsp3) is 0.941. The zero-order valence-corrected chi connectivity index (χ0v) is 14.1. The fourth-order valence-electron chi connectivity index (χ4n) is 3.65. The van der Waals surface area contributed by atoms with E-state index >= 15 is 0 Å². The molecule has 0 aromatic rings. The zero-order chi connectivity index (χ0) is 15.5. The maximum atomic E-state index is 11.8. The minimum atomic E-state index is -0.520. The minimum absolute atomic E-state index is 0.202. The Morgan fingerprint density at radius 3 is 2.52 bits per heavy atom. The van der Waals surface area contributed by atoms with Crippen LogP contribution < -0.4 is 11.1 Å². The molecule has 3 N–H and O–H groups in total. The molecule has 1 atom stereocenters. The fourth-order valence-corrected chi connectivity index (χ4v) is 3.65. The number of hydrogen-bond donors (Lipinski definition) is 2. The molecule has 1 saturated heterocycles. The van der Waals surface area contributed by atoms with Crippen LogP contribution in [0.3, 0.4) is 0 Å². The molecule has 1 aliphatic heterocycles. The van der Waals surface area contributed by atoms with Gasteiger partial charge in [-0.05, 0) is 70.4 Å². The van der Waals surface area contributed by atoms with Gasteiger partial charge in [0.2, 0.25) is 5.91 Å². The molecular weight excluding hydrogens is 262 g/mol. The average Bonchev–Trinajstić information content (AvgIpc) is 3.16. The van der Waals surface area contributed by atoms with Gasteiger partial charge in [0.15, 0.2) is 0 Å². The van der Waals surface area contributed by atoms with Gasteiger partial charge in [-0.3, -0.25) is 4.79 Å². The lowest BCUT2D eigenvalue weighted by Crippen LogP contribution is -2.54. The van der Waals surface area contributed by atoms with Gasteiger partial charge in [0.25, 0.3) is 0 Å². The Labute approximate surface area is 129 Å². The number of rotatable bonds is 9. The first kappa shape index (κ1) is 16.8. The Morgan fingerprint density at radius 1 is 1.38 bits per heavy atom. The van der Waals surface area contributed by atoms with Crippen molar-refractivity contribution in [1.82, 2.24) is 10.2 Å². The van der Waals surface area contributed by atoms with Crippen LogP contribution in [0.2, 0.25) is 0 Å². The number of carbonyl (C=O) groups excluding carboxylic acids is 1. The number of primary amides is 1. The molecule has 1 saturated carbocycles. The van der Waals surface area contributed by atoms with E-state index in [1.54, 1.807) is 0 Å². The van der Waals surface area contributed by atoms with Gasteiger partial charge in [-0.2, -0.15) is 0 Å². The predicted molar refractivity (Wildman–Crippen MR) is 87.1 cm³/mol. The van der Waals surface area contributed by atoms with E-state index in [0.29, 0.717) is 11.5 Å². The number of amides is 1. The zero-order valence-electron chi connectivity index (χ0n) is 14.1. The normalized spacial score (nSPS) is 24.9. The van der Waals surface area contributed by atoms with Crippen LogP contribution in [0.1, 0.15) is 65.7 Å². The molecule has 1 amide bonds. The predicted octanol–water partition coefficient (Wildman–Crippen LogP) is 2.27. The van der Waals surface area contributed by atoms with E-state index in [1.807, 2.05) is 6.92 Å². The van der Waals surface area contributed by atoms with E-state index in [1.165, 1.54) is 45.2 Å². The smallest absolute Gasteiger partial charge is 0.237 e. The van der Waals surface area contributed by atoms with Gasteiger partial charge in [0, 0.05) is 12.6 Å². The lowest BCUT2D eigenvalue weighted by molar-refractivity contribution is -0.124. The summed E-state index contributed by atoms with van der Waals surface area (Å²) in [7, 11) is 0. The maximum Gasteiger partial charge on any atom is 0.237 e. The van der Waals surface area contributed by atoms with Crippen LogP contribution in [-0.2, 0) is 4.79 Å². The first-order valence-corrected chi connectivity index (χ1v) is 8.73. The number of nitrogens with one attached hydrogen (secondary N) is 1. The molecule has 21 heavy (non-hydrogen) atoms. The van der Waals surface area contributed by atoms with Crippen molar-refractivity contribution >= 4 is 5.91 Å². The molecule has 0 aromatic carbocycles. The molecular formula is C17H33N3O. The lowest BCUT2D eigenvalue weighted by atomic mass is 9.82.